The number of rotatable bonds is 12. The maximum absolute atomic E-state index is 11.7. The Morgan fingerprint density at radius 1 is 1.05 bits per heavy atom. The van der Waals surface area contributed by atoms with Crippen molar-refractivity contribution in [2.45, 2.75) is 71.8 Å². The van der Waals surface area contributed by atoms with Crippen molar-refractivity contribution >= 4 is 11.7 Å². The van der Waals surface area contributed by atoms with E-state index in [-0.39, 0.29) is 17.7 Å². The number of unbranched alkanes of at least 4 members (excludes halogenated alkanes) is 3. The highest BCUT2D eigenvalue weighted by atomic mass is 16.5. The predicted octanol–water partition coefficient (Wildman–Crippen LogP) is 2.85. The van der Waals surface area contributed by atoms with E-state index in [1.807, 2.05) is 6.92 Å². The van der Waals surface area contributed by atoms with Gasteiger partial charge in [0.2, 0.25) is 5.91 Å². The van der Waals surface area contributed by atoms with Crippen LogP contribution < -0.4 is 5.32 Å². The standard InChI is InChI=1S/C15H29NO3/c1-4-6-7-8-9-14(13(3)17)16-15(18)10-12-19-11-5-2/h14H,4-12H2,1-3H3,(H,16,18)/t14-/m1/s1. The van der Waals surface area contributed by atoms with Crippen molar-refractivity contribution in [3.63, 3.8) is 0 Å². The number of Topliss-reactive ketones (excluding diaryl/α,β-unsaturated/α-hetero) is 1. The summed E-state index contributed by atoms with van der Waals surface area (Å²) in [5.74, 6) is -0.0499. The van der Waals surface area contributed by atoms with Crippen molar-refractivity contribution < 1.29 is 14.3 Å². The monoisotopic (exact) mass is 271 g/mol. The molecule has 0 unspecified atom stereocenters. The van der Waals surface area contributed by atoms with Crippen molar-refractivity contribution in [1.82, 2.24) is 5.32 Å². The lowest BCUT2D eigenvalue weighted by atomic mass is 10.0. The molecule has 0 heterocycles. The van der Waals surface area contributed by atoms with Gasteiger partial charge in [-0.15, -0.1) is 0 Å². The molecular formula is C15H29NO3. The van der Waals surface area contributed by atoms with Crippen LogP contribution in [0.5, 0.6) is 0 Å². The number of nitrogens with one attached hydrogen (secondary N) is 1. The van der Waals surface area contributed by atoms with Gasteiger partial charge in [0, 0.05) is 13.0 Å². The highest BCUT2D eigenvalue weighted by Gasteiger charge is 2.16. The molecule has 4 nitrogen and oxygen atoms in total. The summed E-state index contributed by atoms with van der Waals surface area (Å²) in [4.78, 5) is 23.1. The second kappa shape index (κ2) is 12.2. The molecule has 1 N–H and O–H groups in total. The van der Waals surface area contributed by atoms with Gasteiger partial charge in [-0.2, -0.15) is 0 Å². The van der Waals surface area contributed by atoms with Crippen LogP contribution >= 0.6 is 0 Å². The van der Waals surface area contributed by atoms with E-state index in [0.29, 0.717) is 19.6 Å². The van der Waals surface area contributed by atoms with Crippen molar-refractivity contribution in [1.29, 1.82) is 0 Å². The molecule has 19 heavy (non-hydrogen) atoms. The van der Waals surface area contributed by atoms with Gasteiger partial charge in [0.25, 0.3) is 0 Å². The molecule has 112 valence electrons. The minimum Gasteiger partial charge on any atom is -0.381 e. The number of hydrogen-bond donors (Lipinski definition) is 1. The average molecular weight is 271 g/mol. The van der Waals surface area contributed by atoms with Crippen LogP contribution in [-0.4, -0.2) is 30.9 Å². The molecule has 0 aliphatic heterocycles. The molecule has 0 aliphatic carbocycles. The lowest BCUT2D eigenvalue weighted by molar-refractivity contribution is -0.127. The summed E-state index contributed by atoms with van der Waals surface area (Å²) in [6, 6.07) is -0.324. The summed E-state index contributed by atoms with van der Waals surface area (Å²) >= 11 is 0. The molecule has 0 saturated carbocycles. The summed E-state index contributed by atoms with van der Waals surface area (Å²) in [5.41, 5.74) is 0. The lowest BCUT2D eigenvalue weighted by Gasteiger charge is -2.15. The van der Waals surface area contributed by atoms with Crippen LogP contribution in [0.25, 0.3) is 0 Å². The zero-order valence-electron chi connectivity index (χ0n) is 12.7. The molecule has 0 aliphatic rings. The van der Waals surface area contributed by atoms with Gasteiger partial charge in [-0.1, -0.05) is 39.5 Å². The molecule has 1 amide bonds. The number of ether oxygens (including phenoxy) is 1. The third-order valence-corrected chi connectivity index (χ3v) is 2.99. The van der Waals surface area contributed by atoms with E-state index in [9.17, 15) is 9.59 Å². The lowest BCUT2D eigenvalue weighted by Crippen LogP contribution is -2.40. The Morgan fingerprint density at radius 2 is 1.79 bits per heavy atom. The van der Waals surface area contributed by atoms with Crippen LogP contribution in [0, 0.1) is 0 Å². The van der Waals surface area contributed by atoms with Crippen molar-refractivity contribution in [2.75, 3.05) is 13.2 Å². The molecule has 0 aromatic heterocycles. The first-order valence-corrected chi connectivity index (χ1v) is 7.49. The van der Waals surface area contributed by atoms with Gasteiger partial charge in [-0.05, 0) is 19.8 Å². The molecule has 0 aromatic rings. The van der Waals surface area contributed by atoms with Gasteiger partial charge in [0.15, 0.2) is 5.78 Å². The Morgan fingerprint density at radius 3 is 2.37 bits per heavy atom. The highest BCUT2D eigenvalue weighted by molar-refractivity contribution is 5.87. The van der Waals surface area contributed by atoms with E-state index >= 15 is 0 Å². The van der Waals surface area contributed by atoms with E-state index in [0.717, 1.165) is 25.7 Å². The number of carbonyl (C=O) groups is 2. The summed E-state index contributed by atoms with van der Waals surface area (Å²) in [6.07, 6.45) is 6.50. The molecule has 0 spiro atoms. The Hall–Kier alpha value is -0.900. The third kappa shape index (κ3) is 10.7. The molecule has 1 atom stereocenters. The van der Waals surface area contributed by atoms with Crippen LogP contribution in [0.3, 0.4) is 0 Å². The summed E-state index contributed by atoms with van der Waals surface area (Å²) in [5, 5.41) is 2.80. The average Bonchev–Trinajstić information content (AvgIpc) is 2.38. The zero-order valence-corrected chi connectivity index (χ0v) is 12.7. The van der Waals surface area contributed by atoms with Crippen LogP contribution in [0.1, 0.15) is 65.7 Å². The van der Waals surface area contributed by atoms with Gasteiger partial charge in [-0.3, -0.25) is 9.59 Å². The predicted molar refractivity (Wildman–Crippen MR) is 77.1 cm³/mol. The molecule has 4 heteroatoms. The first-order chi connectivity index (χ1) is 9.11. The van der Waals surface area contributed by atoms with E-state index in [1.54, 1.807) is 6.92 Å². The SMILES string of the molecule is CCCCCC[C@@H](NC(=O)CCOCCC)C(C)=O. The Labute approximate surface area is 117 Å². The Bertz CT molecular complexity index is 254. The fourth-order valence-corrected chi connectivity index (χ4v) is 1.83. The quantitative estimate of drug-likeness (QED) is 0.555. The Balaban J connectivity index is 3.85. The first-order valence-electron chi connectivity index (χ1n) is 7.49. The fourth-order valence-electron chi connectivity index (χ4n) is 1.83. The number of ketones is 1. The summed E-state index contributed by atoms with van der Waals surface area (Å²) in [6.45, 7) is 6.83. The normalized spacial score (nSPS) is 12.2. The smallest absolute Gasteiger partial charge is 0.222 e. The van der Waals surface area contributed by atoms with E-state index in [2.05, 4.69) is 12.2 Å². The number of carbonyl (C=O) groups excluding carboxylic acids is 2. The minimum absolute atomic E-state index is 0.0410. The number of amides is 1. The molecule has 0 rings (SSSR count). The second-order valence-corrected chi connectivity index (χ2v) is 4.94. The fraction of sp³-hybridized carbons (Fsp3) is 0.867. The number of hydrogen-bond acceptors (Lipinski definition) is 3. The van der Waals surface area contributed by atoms with E-state index < -0.39 is 0 Å². The first kappa shape index (κ1) is 18.1. The molecule has 0 aromatic carbocycles. The van der Waals surface area contributed by atoms with Crippen LogP contribution in [0.15, 0.2) is 0 Å². The largest absolute Gasteiger partial charge is 0.381 e. The summed E-state index contributed by atoms with van der Waals surface area (Å²) in [7, 11) is 0. The van der Waals surface area contributed by atoms with Crippen molar-refractivity contribution in [3.8, 4) is 0 Å². The van der Waals surface area contributed by atoms with Gasteiger partial charge in [0.05, 0.1) is 12.6 Å². The van der Waals surface area contributed by atoms with Crippen molar-refractivity contribution in [3.05, 3.63) is 0 Å². The molecule has 0 fully saturated rings. The van der Waals surface area contributed by atoms with Crippen molar-refractivity contribution in [2.24, 2.45) is 0 Å². The Kier molecular flexibility index (Phi) is 11.6. The highest BCUT2D eigenvalue weighted by Crippen LogP contribution is 2.06. The van der Waals surface area contributed by atoms with Crippen LogP contribution in [0.4, 0.5) is 0 Å². The van der Waals surface area contributed by atoms with Gasteiger partial charge < -0.3 is 10.1 Å². The third-order valence-electron chi connectivity index (χ3n) is 2.99. The molecule has 0 bridgehead atoms. The second-order valence-electron chi connectivity index (χ2n) is 4.94. The molecule has 0 radical (unpaired) electrons. The minimum atomic E-state index is -0.324. The van der Waals surface area contributed by atoms with E-state index in [4.69, 9.17) is 4.74 Å². The van der Waals surface area contributed by atoms with Gasteiger partial charge in [-0.25, -0.2) is 0 Å². The zero-order chi connectivity index (χ0) is 14.5. The topological polar surface area (TPSA) is 55.4 Å². The van der Waals surface area contributed by atoms with Gasteiger partial charge in [0.1, 0.15) is 0 Å². The molecule has 0 saturated heterocycles. The van der Waals surface area contributed by atoms with Crippen LogP contribution in [-0.2, 0) is 14.3 Å². The van der Waals surface area contributed by atoms with Crippen LogP contribution in [0.2, 0.25) is 0 Å². The van der Waals surface area contributed by atoms with E-state index in [1.165, 1.54) is 12.8 Å². The maximum Gasteiger partial charge on any atom is 0.222 e. The maximum atomic E-state index is 11.7. The molecular weight excluding hydrogens is 242 g/mol. The summed E-state index contributed by atoms with van der Waals surface area (Å²) < 4.78 is 5.26. The van der Waals surface area contributed by atoms with Gasteiger partial charge >= 0.3 is 0 Å².